The molecule has 0 aliphatic carbocycles. The monoisotopic (exact) mass is 620 g/mol. The van der Waals surface area contributed by atoms with Crippen molar-refractivity contribution in [3.8, 4) is 56.4 Å². The van der Waals surface area contributed by atoms with Crippen LogP contribution in [0.25, 0.3) is 33.4 Å². The molecule has 0 saturated carbocycles. The van der Waals surface area contributed by atoms with Crippen molar-refractivity contribution >= 4 is 0 Å². The van der Waals surface area contributed by atoms with Gasteiger partial charge < -0.3 is 20.4 Å². The molecule has 6 aromatic rings. The van der Waals surface area contributed by atoms with Crippen LogP contribution in [-0.4, -0.2) is 20.4 Å². The Morgan fingerprint density at radius 3 is 1.60 bits per heavy atom. The second-order valence-corrected chi connectivity index (χ2v) is 12.3. The van der Waals surface area contributed by atoms with Gasteiger partial charge >= 0.3 is 0 Å². The maximum Gasteiger partial charge on any atom is 0.119 e. The lowest BCUT2D eigenvalue weighted by Gasteiger charge is -2.42. The van der Waals surface area contributed by atoms with Gasteiger partial charge in [0.1, 0.15) is 23.0 Å². The summed E-state index contributed by atoms with van der Waals surface area (Å²) in [7, 11) is 0. The van der Waals surface area contributed by atoms with Crippen LogP contribution in [0, 0.1) is 6.92 Å². The zero-order chi connectivity index (χ0) is 33.1. The molecule has 0 aliphatic rings. The maximum atomic E-state index is 11.6. The fourth-order valence-corrected chi connectivity index (χ4v) is 7.06. The largest absolute Gasteiger partial charge is 0.508 e. The summed E-state index contributed by atoms with van der Waals surface area (Å²) in [5.41, 5.74) is 8.70. The van der Waals surface area contributed by atoms with Crippen molar-refractivity contribution in [1.29, 1.82) is 0 Å². The quantitative estimate of drug-likeness (QED) is 0.130. The fraction of sp³-hybridized carbons (Fsp3) is 0.163. The van der Waals surface area contributed by atoms with Gasteiger partial charge in [0.2, 0.25) is 0 Å². The van der Waals surface area contributed by atoms with Crippen molar-refractivity contribution in [1.82, 2.24) is 0 Å². The van der Waals surface area contributed by atoms with Gasteiger partial charge in [-0.3, -0.25) is 0 Å². The highest BCUT2D eigenvalue weighted by Gasteiger charge is 2.42. The number of aromatic hydroxyl groups is 4. The molecule has 6 aromatic carbocycles. The first-order valence-electron chi connectivity index (χ1n) is 16.1. The average molecular weight is 621 g/mol. The molecule has 0 heterocycles. The molecule has 0 bridgehead atoms. The summed E-state index contributed by atoms with van der Waals surface area (Å²) in [5, 5.41) is 43.3. The lowest BCUT2D eigenvalue weighted by Crippen LogP contribution is -2.34. The Hall–Kier alpha value is -5.48. The van der Waals surface area contributed by atoms with Crippen molar-refractivity contribution in [3.05, 3.63) is 156 Å². The molecule has 0 spiro atoms. The Kier molecular flexibility index (Phi) is 8.78. The molecule has 4 heteroatoms. The normalized spacial score (nSPS) is 12.1. The predicted octanol–water partition coefficient (Wildman–Crippen LogP) is 10.7. The van der Waals surface area contributed by atoms with Crippen LogP contribution in [0.3, 0.4) is 0 Å². The molecule has 0 aliphatic heterocycles. The van der Waals surface area contributed by atoms with Gasteiger partial charge in [0, 0.05) is 22.5 Å². The van der Waals surface area contributed by atoms with Crippen LogP contribution < -0.4 is 0 Å². The summed E-state index contributed by atoms with van der Waals surface area (Å²) in [5.74, 6) is 0.488. The van der Waals surface area contributed by atoms with Gasteiger partial charge in [-0.05, 0) is 113 Å². The molecule has 4 nitrogen and oxygen atoms in total. The number of hydrogen-bond acceptors (Lipinski definition) is 4. The molecular formula is C43H40O4. The first-order valence-corrected chi connectivity index (χ1v) is 16.1. The molecule has 1 unspecified atom stereocenters. The van der Waals surface area contributed by atoms with Crippen LogP contribution in [0.15, 0.2) is 133 Å². The zero-order valence-electron chi connectivity index (χ0n) is 27.0. The molecule has 236 valence electrons. The Balaban J connectivity index is 1.58. The number of hydrogen-bond donors (Lipinski definition) is 4. The highest BCUT2D eigenvalue weighted by Crippen LogP contribution is 2.53. The minimum Gasteiger partial charge on any atom is -0.508 e. The number of rotatable bonds is 9. The highest BCUT2D eigenvalue weighted by atomic mass is 16.3. The Labute approximate surface area is 276 Å². The van der Waals surface area contributed by atoms with Gasteiger partial charge in [-0.2, -0.15) is 0 Å². The van der Waals surface area contributed by atoms with E-state index in [4.69, 9.17) is 0 Å². The van der Waals surface area contributed by atoms with Crippen molar-refractivity contribution in [3.63, 3.8) is 0 Å². The summed E-state index contributed by atoms with van der Waals surface area (Å²) >= 11 is 0. The van der Waals surface area contributed by atoms with Crippen LogP contribution in [0.4, 0.5) is 0 Å². The molecule has 0 radical (unpaired) electrons. The smallest absolute Gasteiger partial charge is 0.119 e. The van der Waals surface area contributed by atoms with Crippen molar-refractivity contribution in [2.45, 2.75) is 44.9 Å². The van der Waals surface area contributed by atoms with E-state index in [-0.39, 0.29) is 28.9 Å². The van der Waals surface area contributed by atoms with E-state index in [2.05, 4.69) is 56.3 Å². The molecule has 0 aromatic heterocycles. The van der Waals surface area contributed by atoms with Gasteiger partial charge in [0.05, 0.1) is 0 Å². The zero-order valence-corrected chi connectivity index (χ0v) is 27.0. The molecule has 0 saturated heterocycles. The van der Waals surface area contributed by atoms with E-state index < -0.39 is 5.41 Å². The van der Waals surface area contributed by atoms with Crippen molar-refractivity contribution in [2.75, 3.05) is 0 Å². The number of aryl methyl sites for hydroxylation is 1. The van der Waals surface area contributed by atoms with Crippen molar-refractivity contribution in [2.24, 2.45) is 0 Å². The lowest BCUT2D eigenvalue weighted by molar-refractivity contribution is 0.325. The predicted molar refractivity (Wildman–Crippen MR) is 191 cm³/mol. The molecule has 1 atom stereocenters. The summed E-state index contributed by atoms with van der Waals surface area (Å²) in [6, 6.07) is 42.9. The SMILES string of the molecule is CCC(CC)(c1cc(-c2ccc(O)c(C)c2)ccc1O)C(c1ccc(-c2ccccc2)cc1)c1cc(-c2ccc(O)cc2)ccc1O. The second-order valence-electron chi connectivity index (χ2n) is 12.3. The van der Waals surface area contributed by atoms with Gasteiger partial charge in [-0.15, -0.1) is 0 Å². The van der Waals surface area contributed by atoms with Crippen molar-refractivity contribution < 1.29 is 20.4 Å². The fourth-order valence-electron chi connectivity index (χ4n) is 7.06. The van der Waals surface area contributed by atoms with E-state index in [1.165, 1.54) is 0 Å². The van der Waals surface area contributed by atoms with E-state index in [0.29, 0.717) is 12.8 Å². The summed E-state index contributed by atoms with van der Waals surface area (Å²) in [6.45, 7) is 6.17. The van der Waals surface area contributed by atoms with Gasteiger partial charge in [0.15, 0.2) is 0 Å². The van der Waals surface area contributed by atoms with Crippen LogP contribution in [-0.2, 0) is 5.41 Å². The standard InChI is InChI=1S/C43H40O4/c1-4-43(5-2,38-27-35(19-24-41(38)47)33-17-22-39(45)28(3)25-33)42(32-13-11-30(12-14-32)29-9-7-6-8-10-29)37-26-34(18-23-40(37)46)31-15-20-36(44)21-16-31/h6-27,42,44-47H,4-5H2,1-3H3. The summed E-state index contributed by atoms with van der Waals surface area (Å²) < 4.78 is 0. The van der Waals surface area contributed by atoms with Crippen LogP contribution in [0.2, 0.25) is 0 Å². The van der Waals surface area contributed by atoms with E-state index >= 15 is 0 Å². The topological polar surface area (TPSA) is 80.9 Å². The summed E-state index contributed by atoms with van der Waals surface area (Å²) in [6.07, 6.45) is 1.37. The second kappa shape index (κ2) is 13.1. The average Bonchev–Trinajstić information content (AvgIpc) is 3.10. The summed E-state index contributed by atoms with van der Waals surface area (Å²) in [4.78, 5) is 0. The highest BCUT2D eigenvalue weighted by molar-refractivity contribution is 5.71. The minimum absolute atomic E-state index is 0.181. The first-order chi connectivity index (χ1) is 22.7. The Morgan fingerprint density at radius 1 is 0.489 bits per heavy atom. The van der Waals surface area contributed by atoms with Gasteiger partial charge in [-0.25, -0.2) is 0 Å². The third kappa shape index (κ3) is 6.07. The Morgan fingerprint density at radius 2 is 0.979 bits per heavy atom. The molecule has 47 heavy (non-hydrogen) atoms. The lowest BCUT2D eigenvalue weighted by atomic mass is 9.61. The molecule has 0 fully saturated rings. The van der Waals surface area contributed by atoms with Crippen LogP contribution in [0.5, 0.6) is 23.0 Å². The molecular weight excluding hydrogens is 580 g/mol. The van der Waals surface area contributed by atoms with E-state index in [0.717, 1.165) is 55.6 Å². The van der Waals surface area contributed by atoms with Crippen LogP contribution in [0.1, 0.15) is 54.9 Å². The van der Waals surface area contributed by atoms with Gasteiger partial charge in [0.25, 0.3) is 0 Å². The number of benzene rings is 6. The van der Waals surface area contributed by atoms with Crippen LogP contribution >= 0.6 is 0 Å². The molecule has 6 rings (SSSR count). The van der Waals surface area contributed by atoms with E-state index in [1.807, 2.05) is 67.6 Å². The third-order valence-corrected chi connectivity index (χ3v) is 9.77. The van der Waals surface area contributed by atoms with E-state index in [9.17, 15) is 20.4 Å². The first kappa shape index (κ1) is 31.5. The number of phenolic OH excluding ortho intramolecular Hbond substituents is 4. The Bertz CT molecular complexity index is 1990. The maximum absolute atomic E-state index is 11.6. The third-order valence-electron chi connectivity index (χ3n) is 9.77. The molecule has 0 amide bonds. The van der Waals surface area contributed by atoms with Gasteiger partial charge in [-0.1, -0.05) is 98.8 Å². The van der Waals surface area contributed by atoms with E-state index in [1.54, 1.807) is 30.3 Å². The number of phenols is 4. The minimum atomic E-state index is -0.620. The molecule has 4 N–H and O–H groups in total.